The molecule has 518 valence electrons. The van der Waals surface area contributed by atoms with Crippen LogP contribution in [0.4, 0.5) is 0 Å². The molecule has 10 nitrogen and oxygen atoms in total. The molecular weight excluding hydrogens is 1230 g/mol. The molecule has 9 aromatic carbocycles. The lowest BCUT2D eigenvalue weighted by atomic mass is 9.88. The topological polar surface area (TPSA) is 174 Å². The number of phenols is 4. The van der Waals surface area contributed by atoms with Crippen LogP contribution in [0.1, 0.15) is 135 Å². The van der Waals surface area contributed by atoms with Crippen molar-refractivity contribution in [1.82, 2.24) is 0 Å². The Hall–Kier alpha value is -10.4. The van der Waals surface area contributed by atoms with Crippen LogP contribution in [-0.2, 0) is 9.59 Å². The van der Waals surface area contributed by atoms with Crippen molar-refractivity contribution in [2.24, 2.45) is 0 Å². The third-order valence-electron chi connectivity index (χ3n) is 17.6. The molecule has 2 aliphatic rings. The number of ether oxygens (including phenoxy) is 3. The van der Waals surface area contributed by atoms with Gasteiger partial charge in [0.2, 0.25) is 0 Å². The molecular formula is C89H102O10. The molecule has 0 spiro atoms. The van der Waals surface area contributed by atoms with Gasteiger partial charge in [-0.3, -0.25) is 9.59 Å². The van der Waals surface area contributed by atoms with Crippen LogP contribution < -0.4 is 14.2 Å². The Morgan fingerprint density at radius 1 is 0.242 bits per heavy atom. The lowest BCUT2D eigenvalue weighted by Crippen LogP contribution is -2.09. The molecule has 6 N–H and O–H groups in total. The Balaban J connectivity index is 0.000000242. The number of rotatable bonds is 8. The lowest BCUT2D eigenvalue weighted by molar-refractivity contribution is -0.113. The van der Waals surface area contributed by atoms with Gasteiger partial charge >= 0.3 is 0 Å². The highest BCUT2D eigenvalue weighted by atomic mass is 16.5. The Morgan fingerprint density at radius 3 is 0.657 bits per heavy atom. The zero-order chi connectivity index (χ0) is 71.6. The fraction of sp³-hybridized carbons (Fsp3) is 0.258. The summed E-state index contributed by atoms with van der Waals surface area (Å²) < 4.78 is 19.0. The first-order valence-electron chi connectivity index (χ1n) is 32.8. The summed E-state index contributed by atoms with van der Waals surface area (Å²) in [5.41, 5.74) is 27.8. The van der Waals surface area contributed by atoms with Gasteiger partial charge in [0, 0.05) is 0 Å². The Bertz CT molecular complexity index is 4340. The number of ketones is 2. The summed E-state index contributed by atoms with van der Waals surface area (Å²) in [6.45, 7) is 43.3. The van der Waals surface area contributed by atoms with Gasteiger partial charge < -0.3 is 40.1 Å². The van der Waals surface area contributed by atoms with Gasteiger partial charge in [0.15, 0.2) is 11.6 Å². The number of hydrogen-bond acceptors (Lipinski definition) is 9. The maximum atomic E-state index is 11.7. The van der Waals surface area contributed by atoms with E-state index in [1.807, 2.05) is 168 Å². The number of para-hydroxylation sites is 4. The fourth-order valence-corrected chi connectivity index (χ4v) is 12.0. The molecule has 10 heteroatoms. The first-order chi connectivity index (χ1) is 45.6. The van der Waals surface area contributed by atoms with E-state index in [4.69, 9.17) is 14.2 Å². The highest BCUT2D eigenvalue weighted by Gasteiger charge is 2.20. The fourth-order valence-electron chi connectivity index (χ4n) is 12.0. The smallest absolute Gasteiger partial charge is 0.184 e. The zero-order valence-corrected chi connectivity index (χ0v) is 61.3. The second-order valence-corrected chi connectivity index (χ2v) is 26.3. The van der Waals surface area contributed by atoms with Gasteiger partial charge in [-0.1, -0.05) is 80.2 Å². The van der Waals surface area contributed by atoms with Crippen LogP contribution in [0.25, 0.3) is 22.3 Å². The van der Waals surface area contributed by atoms with Crippen molar-refractivity contribution in [2.45, 2.75) is 160 Å². The number of phenolic OH excluding ortho intramolecular Hbond substituents is 4. The zero-order valence-electron chi connectivity index (χ0n) is 61.3. The summed E-state index contributed by atoms with van der Waals surface area (Å²) in [6.07, 6.45) is 7.53. The van der Waals surface area contributed by atoms with E-state index in [9.17, 15) is 30.0 Å². The van der Waals surface area contributed by atoms with Gasteiger partial charge in [-0.2, -0.15) is 0 Å². The number of allylic oxidation sites excluding steroid dienone is 10. The van der Waals surface area contributed by atoms with Gasteiger partial charge in [-0.05, 0) is 393 Å². The third-order valence-corrected chi connectivity index (χ3v) is 17.6. The molecule has 0 aromatic heterocycles. The van der Waals surface area contributed by atoms with Gasteiger partial charge in [0.25, 0.3) is 0 Å². The Morgan fingerprint density at radius 2 is 0.424 bits per heavy atom. The molecule has 2 aliphatic carbocycles. The first kappa shape index (κ1) is 79.3. The summed E-state index contributed by atoms with van der Waals surface area (Å²) in [6, 6.07) is 44.7. The van der Waals surface area contributed by atoms with E-state index < -0.39 is 0 Å². The highest BCUT2D eigenvalue weighted by molar-refractivity contribution is 6.11. The first-order valence-corrected chi connectivity index (χ1v) is 32.8. The maximum Gasteiger partial charge on any atom is 0.184 e. The number of aromatic hydroxyl groups is 4. The normalized spacial score (nSPS) is 12.2. The quantitative estimate of drug-likeness (QED) is 0.115. The van der Waals surface area contributed by atoms with Gasteiger partial charge in [0.1, 0.15) is 57.5 Å². The molecule has 0 bridgehead atoms. The number of hydrogen-bond donors (Lipinski definition) is 4. The predicted molar refractivity (Wildman–Crippen MR) is 411 cm³/mol. The minimum absolute atomic E-state index is 0. The summed E-state index contributed by atoms with van der Waals surface area (Å²) in [5.74, 6) is 6.97. The summed E-state index contributed by atoms with van der Waals surface area (Å²) >= 11 is 0. The molecule has 11 rings (SSSR count). The van der Waals surface area contributed by atoms with E-state index in [1.165, 1.54) is 0 Å². The monoisotopic (exact) mass is 1330 g/mol. The number of aryl methyl sites for hydroxylation is 18. The van der Waals surface area contributed by atoms with Crippen molar-refractivity contribution in [3.63, 3.8) is 0 Å². The Labute approximate surface area is 589 Å². The van der Waals surface area contributed by atoms with Crippen LogP contribution in [0.3, 0.4) is 0 Å². The summed E-state index contributed by atoms with van der Waals surface area (Å²) in [7, 11) is 0. The number of Topliss-reactive ketones (excluding diaryl/α,β-unsaturated/α-hetero) is 2. The van der Waals surface area contributed by atoms with Crippen molar-refractivity contribution >= 4 is 11.6 Å². The van der Waals surface area contributed by atoms with E-state index in [0.717, 1.165) is 190 Å². The average molecular weight is 1330 g/mol. The second-order valence-electron chi connectivity index (χ2n) is 26.3. The van der Waals surface area contributed by atoms with Crippen molar-refractivity contribution in [1.29, 1.82) is 0 Å². The minimum Gasteiger partial charge on any atom is -0.507 e. The predicted octanol–water partition coefficient (Wildman–Crippen LogP) is 22.9. The maximum absolute atomic E-state index is 11.7. The number of carbonyl (C=O) groups excluding carboxylic acids is 2. The van der Waals surface area contributed by atoms with Crippen LogP contribution in [0.15, 0.2) is 191 Å². The van der Waals surface area contributed by atoms with Crippen molar-refractivity contribution in [3.8, 4) is 79.7 Å². The standard InChI is InChI=1S/C32H34O3.C24H26O2.C16H16O2.2C8H10O.CH4.H2O/c1-18-10-9-11-19(2)30(18)35-32-24(7)14-27(15-25(32)8)26-12-22(5)31(23(6)13-26)34-28-16-20(3)29(33)21(4)17-28;1-14-8-7-9-15(2)23(14)26-24-18(5)12-21(13-19(24)6)20-10-16(3)22(25)17(4)11-20;1-9-5-13(6-10(2)15(9)17)14-7-11(3)16(18)12(4)8-14;2*1-6-4-3-5-7(2)8(6)9;;/h9-17,33H,1-8H3;7-13,25H,1-6H3;5-8H,1-4H3;2*3-5,9H,1-2H3;1H4;1H2. The van der Waals surface area contributed by atoms with E-state index in [-0.39, 0.29) is 24.5 Å². The molecule has 0 fully saturated rings. The van der Waals surface area contributed by atoms with E-state index in [1.54, 1.807) is 0 Å². The van der Waals surface area contributed by atoms with Crippen LogP contribution in [0, 0.1) is 125 Å². The minimum atomic E-state index is 0. The highest BCUT2D eigenvalue weighted by Crippen LogP contribution is 2.41. The third kappa shape index (κ3) is 19.5. The number of carbonyl (C=O) groups is 2. The molecule has 0 heterocycles. The van der Waals surface area contributed by atoms with Gasteiger partial charge in [-0.15, -0.1) is 0 Å². The van der Waals surface area contributed by atoms with Crippen molar-refractivity contribution < 1.29 is 49.7 Å². The van der Waals surface area contributed by atoms with E-state index >= 15 is 0 Å². The lowest BCUT2D eigenvalue weighted by Gasteiger charge is -2.18. The Kier molecular flexibility index (Phi) is 27.4. The van der Waals surface area contributed by atoms with Crippen molar-refractivity contribution in [3.05, 3.63) is 291 Å². The summed E-state index contributed by atoms with van der Waals surface area (Å²) in [4.78, 5) is 23.4. The molecule has 0 saturated heterocycles. The van der Waals surface area contributed by atoms with Gasteiger partial charge in [-0.25, -0.2) is 0 Å². The largest absolute Gasteiger partial charge is 0.507 e. The number of benzene rings is 9. The average Bonchev–Trinajstić information content (AvgIpc) is 0.807. The van der Waals surface area contributed by atoms with Crippen LogP contribution >= 0.6 is 0 Å². The summed E-state index contributed by atoms with van der Waals surface area (Å²) in [5, 5.41) is 38.5. The SMILES string of the molecule is C.CC1=CC(=C2C=C(C)C(=O)C(C)=C2)C=C(C)C1=O.Cc1cc(-c2cc(C)c(Oc3c(C)cccc3C)c(C)c2)cc(C)c1O.Cc1cc(Oc2c(C)cc(-c3cc(C)c(Oc4c(C)cccc4C)c(C)c3)cc2C)cc(C)c1O.Cc1cccc(C)c1O.Cc1cccc(C)c1O.O. The molecule has 0 amide bonds. The molecule has 0 atom stereocenters. The second kappa shape index (κ2) is 34.2. The molecule has 0 radical (unpaired) electrons. The molecule has 9 aromatic rings. The van der Waals surface area contributed by atoms with Crippen LogP contribution in [-0.4, -0.2) is 37.5 Å². The van der Waals surface area contributed by atoms with Crippen LogP contribution in [0.5, 0.6) is 57.5 Å². The molecule has 0 aliphatic heterocycles. The van der Waals surface area contributed by atoms with Crippen molar-refractivity contribution in [2.75, 3.05) is 0 Å². The van der Waals surface area contributed by atoms with E-state index in [0.29, 0.717) is 23.0 Å². The van der Waals surface area contributed by atoms with E-state index in [2.05, 4.69) is 142 Å². The molecule has 0 saturated carbocycles. The molecule has 99 heavy (non-hydrogen) atoms. The van der Waals surface area contributed by atoms with Gasteiger partial charge in [0.05, 0.1) is 0 Å². The molecule has 0 unspecified atom stereocenters. The van der Waals surface area contributed by atoms with Crippen LogP contribution in [0.2, 0.25) is 0 Å².